The number of carboxylic acids is 2. The molecule has 7 heteroatoms. The van der Waals surface area contributed by atoms with Gasteiger partial charge in [-0.2, -0.15) is 0 Å². The molecule has 7 nitrogen and oxygen atoms in total. The first-order valence-electron chi connectivity index (χ1n) is 6.89. The van der Waals surface area contributed by atoms with Gasteiger partial charge in [0.2, 0.25) is 0 Å². The summed E-state index contributed by atoms with van der Waals surface area (Å²) >= 11 is 0. The second-order valence-corrected chi connectivity index (χ2v) is 3.97. The van der Waals surface area contributed by atoms with Crippen LogP contribution >= 0.6 is 0 Å². The Hall–Kier alpha value is -3.35. The molecule has 0 fully saturated rings. The maximum atomic E-state index is 9.75. The van der Waals surface area contributed by atoms with E-state index in [0.717, 1.165) is 12.2 Å². The summed E-state index contributed by atoms with van der Waals surface area (Å²) in [4.78, 5) is 22.1. The van der Waals surface area contributed by atoms with Crippen molar-refractivity contribution in [3.05, 3.63) is 66.9 Å². The third-order valence-corrected chi connectivity index (χ3v) is 2.00. The molecule has 0 aliphatic carbocycles. The van der Waals surface area contributed by atoms with Gasteiger partial charge >= 0.3 is 5.97 Å². The average molecular weight is 333 g/mol. The van der Waals surface area contributed by atoms with Crippen LogP contribution in [0, 0.1) is 0 Å². The number of rotatable bonds is 4. The summed E-state index contributed by atoms with van der Waals surface area (Å²) in [5.74, 6) is -1.56. The fraction of sp³-hybridized carbons (Fsp3) is 0.118. The van der Waals surface area contributed by atoms with Crippen molar-refractivity contribution in [1.82, 2.24) is 0 Å². The zero-order valence-corrected chi connectivity index (χ0v) is 13.7. The monoisotopic (exact) mass is 333 g/mol. The summed E-state index contributed by atoms with van der Waals surface area (Å²) in [6, 6.07) is 3.54. The zero-order chi connectivity index (χ0) is 18.8. The summed E-state index contributed by atoms with van der Waals surface area (Å²) in [6.45, 7) is 3.63. The first kappa shape index (κ1) is 22.9. The number of pyridine rings is 1. The second kappa shape index (κ2) is 16.0. The Morgan fingerprint density at radius 1 is 1.08 bits per heavy atom. The Morgan fingerprint density at radius 3 is 1.96 bits per heavy atom. The van der Waals surface area contributed by atoms with E-state index in [-0.39, 0.29) is 0 Å². The average Bonchev–Trinajstić information content (AvgIpc) is 2.51. The summed E-state index contributed by atoms with van der Waals surface area (Å²) in [5, 5.41) is 17.7. The molecule has 1 aromatic rings. The number of carbonyl (C=O) groups is 2. The summed E-state index contributed by atoms with van der Waals surface area (Å²) < 4.78 is 0. The third kappa shape index (κ3) is 18.7. The van der Waals surface area contributed by atoms with Gasteiger partial charge < -0.3 is 20.7 Å². The molecule has 0 aliphatic heterocycles. The SMILES string of the molecule is C/C=C/C=C/C(=O)O.C/C=C/C=C/C(=O)[O-].Nc1ccc[nH+]c1N. The largest absolute Gasteiger partial charge is 0.545 e. The molecule has 1 rings (SSSR count). The van der Waals surface area contributed by atoms with Crippen LogP contribution < -0.4 is 21.6 Å². The van der Waals surface area contributed by atoms with Gasteiger partial charge in [-0.3, -0.25) is 5.73 Å². The molecule has 0 spiro atoms. The van der Waals surface area contributed by atoms with Crippen LogP contribution in [0.25, 0.3) is 0 Å². The number of aromatic amines is 1. The predicted octanol–water partition coefficient (Wildman–Crippen LogP) is 0.737. The molecule has 0 unspecified atom stereocenters. The van der Waals surface area contributed by atoms with Crippen molar-refractivity contribution < 1.29 is 24.8 Å². The highest BCUT2D eigenvalue weighted by atomic mass is 16.4. The van der Waals surface area contributed by atoms with Gasteiger partial charge in [-0.15, -0.1) is 0 Å². The molecule has 0 amide bonds. The van der Waals surface area contributed by atoms with Gasteiger partial charge in [0, 0.05) is 6.08 Å². The van der Waals surface area contributed by atoms with Gasteiger partial charge in [-0.05, 0) is 32.1 Å². The van der Waals surface area contributed by atoms with Crippen molar-refractivity contribution in [2.45, 2.75) is 13.8 Å². The second-order valence-electron chi connectivity index (χ2n) is 3.97. The number of carbonyl (C=O) groups excluding carboxylic acids is 1. The molecule has 0 aromatic carbocycles. The molecular weight excluding hydrogens is 310 g/mol. The normalized spacial score (nSPS) is 10.4. The number of H-pyrrole nitrogens is 1. The number of allylic oxidation sites excluding steroid dienone is 6. The minimum absolute atomic E-state index is 0.521. The standard InChI is InChI=1S/2C6H8O2.C5H7N3/c2*1-2-3-4-5-6(7)8;6-4-2-1-3-8-5(4)7/h2*2-5H,1H3,(H,7,8);1-3H,6H2,(H2,7,8)/b2*3-2+,5-4+;. The lowest BCUT2D eigenvalue weighted by Gasteiger charge is -1.87. The van der Waals surface area contributed by atoms with Crippen LogP contribution in [0.5, 0.6) is 0 Å². The number of hydrogen-bond donors (Lipinski definition) is 3. The molecule has 0 radical (unpaired) electrons. The number of nitrogens with one attached hydrogen (secondary N) is 1. The van der Waals surface area contributed by atoms with Crippen molar-refractivity contribution in [1.29, 1.82) is 0 Å². The maximum Gasteiger partial charge on any atom is 0.328 e. The predicted molar refractivity (Wildman–Crippen MR) is 92.4 cm³/mol. The van der Waals surface area contributed by atoms with Crippen LogP contribution in [0.2, 0.25) is 0 Å². The van der Waals surface area contributed by atoms with Crippen molar-refractivity contribution >= 4 is 23.4 Å². The number of hydrogen-bond acceptors (Lipinski definition) is 5. The van der Waals surface area contributed by atoms with Gasteiger partial charge in [0.05, 0.1) is 12.2 Å². The van der Waals surface area contributed by atoms with Crippen LogP contribution in [0.4, 0.5) is 11.5 Å². The number of nitrogens with two attached hydrogens (primary N) is 2. The lowest BCUT2D eigenvalue weighted by atomic mass is 10.4. The molecule has 6 N–H and O–H groups in total. The van der Waals surface area contributed by atoms with Crippen LogP contribution in [0.3, 0.4) is 0 Å². The van der Waals surface area contributed by atoms with E-state index in [4.69, 9.17) is 16.6 Å². The Morgan fingerprint density at radius 2 is 1.62 bits per heavy atom. The Labute approximate surface area is 141 Å². The van der Waals surface area contributed by atoms with Crippen molar-refractivity contribution in [2.75, 3.05) is 11.5 Å². The molecule has 0 aliphatic rings. The summed E-state index contributed by atoms with van der Waals surface area (Å²) in [6.07, 6.45) is 13.5. The molecule has 1 aromatic heterocycles. The Balaban J connectivity index is 0. The lowest BCUT2D eigenvalue weighted by molar-refractivity contribution is -0.359. The molecule has 0 saturated carbocycles. The number of aromatic nitrogens is 1. The van der Waals surface area contributed by atoms with Crippen molar-refractivity contribution in [3.63, 3.8) is 0 Å². The van der Waals surface area contributed by atoms with E-state index in [1.165, 1.54) is 12.2 Å². The fourth-order valence-corrected chi connectivity index (χ4v) is 0.957. The van der Waals surface area contributed by atoms with E-state index in [9.17, 15) is 14.7 Å². The minimum atomic E-state index is -1.16. The number of nitrogen functional groups attached to an aromatic ring is 2. The van der Waals surface area contributed by atoms with E-state index in [2.05, 4.69) is 4.98 Å². The Kier molecular flexibility index (Phi) is 15.3. The number of anilines is 2. The summed E-state index contributed by atoms with van der Waals surface area (Å²) in [7, 11) is 0. The van der Waals surface area contributed by atoms with E-state index >= 15 is 0 Å². The van der Waals surface area contributed by atoms with Crippen LogP contribution in [0.15, 0.2) is 66.9 Å². The fourth-order valence-electron chi connectivity index (χ4n) is 0.957. The molecule has 1 heterocycles. The van der Waals surface area contributed by atoms with E-state index in [1.54, 1.807) is 49.6 Å². The van der Waals surface area contributed by atoms with Gasteiger partial charge in [-0.25, -0.2) is 9.78 Å². The van der Waals surface area contributed by atoms with Gasteiger partial charge in [0.1, 0.15) is 5.69 Å². The highest BCUT2D eigenvalue weighted by Crippen LogP contribution is 2.02. The molecule has 130 valence electrons. The smallest absolute Gasteiger partial charge is 0.328 e. The zero-order valence-electron chi connectivity index (χ0n) is 13.7. The topological polar surface area (TPSA) is 144 Å². The quantitative estimate of drug-likeness (QED) is 0.547. The number of aliphatic carboxylic acids is 2. The molecule has 0 bridgehead atoms. The van der Waals surface area contributed by atoms with Crippen LogP contribution in [0.1, 0.15) is 13.8 Å². The Bertz CT molecular complexity index is 553. The number of carboxylic acid groups (broad SMARTS) is 2. The van der Waals surface area contributed by atoms with Gasteiger partial charge in [0.25, 0.3) is 5.82 Å². The maximum absolute atomic E-state index is 9.75. The van der Waals surface area contributed by atoms with Crippen molar-refractivity contribution in [2.24, 2.45) is 0 Å². The van der Waals surface area contributed by atoms with Gasteiger partial charge in [-0.1, -0.05) is 36.5 Å². The minimum Gasteiger partial charge on any atom is -0.545 e. The van der Waals surface area contributed by atoms with Gasteiger partial charge in [0.15, 0.2) is 0 Å². The van der Waals surface area contributed by atoms with Crippen LogP contribution in [-0.4, -0.2) is 17.0 Å². The molecular formula is C17H23N3O4. The molecule has 24 heavy (non-hydrogen) atoms. The molecule has 0 saturated heterocycles. The summed E-state index contributed by atoms with van der Waals surface area (Å²) in [5.41, 5.74) is 11.3. The van der Waals surface area contributed by atoms with E-state index in [1.807, 2.05) is 6.92 Å². The third-order valence-electron chi connectivity index (χ3n) is 2.00. The van der Waals surface area contributed by atoms with E-state index < -0.39 is 11.9 Å². The first-order valence-corrected chi connectivity index (χ1v) is 6.89. The van der Waals surface area contributed by atoms with E-state index in [0.29, 0.717) is 11.5 Å². The van der Waals surface area contributed by atoms with Crippen LogP contribution in [-0.2, 0) is 9.59 Å². The van der Waals surface area contributed by atoms with Crippen molar-refractivity contribution in [3.8, 4) is 0 Å². The highest BCUT2D eigenvalue weighted by Gasteiger charge is 1.93. The highest BCUT2D eigenvalue weighted by molar-refractivity contribution is 5.80. The molecule has 0 atom stereocenters. The first-order chi connectivity index (χ1) is 11.3. The lowest BCUT2D eigenvalue weighted by Crippen LogP contribution is -2.18.